The summed E-state index contributed by atoms with van der Waals surface area (Å²) in [6.07, 6.45) is 1.46. The van der Waals surface area contributed by atoms with E-state index in [4.69, 9.17) is 5.11 Å². The molecule has 1 atom stereocenters. The quantitative estimate of drug-likeness (QED) is 0.882. The second kappa shape index (κ2) is 5.47. The monoisotopic (exact) mass is 260 g/mol. The van der Waals surface area contributed by atoms with Gasteiger partial charge in [-0.15, -0.1) is 0 Å². The van der Waals surface area contributed by atoms with Gasteiger partial charge in [0, 0.05) is 11.1 Å². The molecule has 0 saturated heterocycles. The zero-order valence-corrected chi connectivity index (χ0v) is 9.72. The molecule has 1 aromatic carbocycles. The van der Waals surface area contributed by atoms with Gasteiger partial charge in [-0.05, 0) is 36.1 Å². The third kappa shape index (κ3) is 3.07. The molecule has 1 N–H and O–H groups in total. The maximum Gasteiger partial charge on any atom is 0.126 e. The van der Waals surface area contributed by atoms with Gasteiger partial charge in [-0.2, -0.15) is 0 Å². The van der Waals surface area contributed by atoms with Crippen LogP contribution < -0.4 is 0 Å². The van der Waals surface area contributed by atoms with E-state index in [0.29, 0.717) is 12.0 Å². The van der Waals surface area contributed by atoms with Crippen molar-refractivity contribution in [3.8, 4) is 0 Å². The SMILES string of the molecule is CCC(CO)Cc1cc(Br)ccc1F. The first-order valence-electron chi connectivity index (χ1n) is 4.72. The molecule has 14 heavy (non-hydrogen) atoms. The topological polar surface area (TPSA) is 20.2 Å². The summed E-state index contributed by atoms with van der Waals surface area (Å²) < 4.78 is 14.2. The number of aliphatic hydroxyl groups is 1. The van der Waals surface area contributed by atoms with Crippen LogP contribution in [0, 0.1) is 11.7 Å². The van der Waals surface area contributed by atoms with Crippen LogP contribution in [-0.2, 0) is 6.42 Å². The van der Waals surface area contributed by atoms with Gasteiger partial charge in [0.2, 0.25) is 0 Å². The maximum absolute atomic E-state index is 13.3. The van der Waals surface area contributed by atoms with E-state index in [0.717, 1.165) is 10.9 Å². The van der Waals surface area contributed by atoms with Crippen LogP contribution in [-0.4, -0.2) is 11.7 Å². The molecule has 0 aliphatic rings. The maximum atomic E-state index is 13.3. The summed E-state index contributed by atoms with van der Waals surface area (Å²) in [5.41, 5.74) is 0.667. The summed E-state index contributed by atoms with van der Waals surface area (Å²) in [5, 5.41) is 9.01. The molecule has 0 spiro atoms. The van der Waals surface area contributed by atoms with Gasteiger partial charge in [-0.25, -0.2) is 4.39 Å². The van der Waals surface area contributed by atoms with E-state index in [1.54, 1.807) is 12.1 Å². The van der Waals surface area contributed by atoms with E-state index >= 15 is 0 Å². The first-order chi connectivity index (χ1) is 6.67. The van der Waals surface area contributed by atoms with Crippen LogP contribution in [0.5, 0.6) is 0 Å². The highest BCUT2D eigenvalue weighted by Crippen LogP contribution is 2.19. The molecule has 0 fully saturated rings. The van der Waals surface area contributed by atoms with Gasteiger partial charge in [0.05, 0.1) is 0 Å². The van der Waals surface area contributed by atoms with Crippen molar-refractivity contribution in [2.75, 3.05) is 6.61 Å². The number of hydrogen-bond acceptors (Lipinski definition) is 1. The lowest BCUT2D eigenvalue weighted by Crippen LogP contribution is -2.09. The largest absolute Gasteiger partial charge is 0.396 e. The Labute approximate surface area is 92.1 Å². The van der Waals surface area contributed by atoms with Crippen LogP contribution in [0.3, 0.4) is 0 Å². The van der Waals surface area contributed by atoms with Gasteiger partial charge in [0.25, 0.3) is 0 Å². The molecule has 1 unspecified atom stereocenters. The molecule has 3 heteroatoms. The van der Waals surface area contributed by atoms with E-state index in [9.17, 15) is 4.39 Å². The number of benzene rings is 1. The van der Waals surface area contributed by atoms with E-state index in [1.165, 1.54) is 6.07 Å². The standard InChI is InChI=1S/C11H14BrFO/c1-2-8(7-14)5-9-6-10(12)3-4-11(9)13/h3-4,6,8,14H,2,5,7H2,1H3. The molecular formula is C11H14BrFO. The lowest BCUT2D eigenvalue weighted by molar-refractivity contribution is 0.221. The molecule has 1 nitrogen and oxygen atoms in total. The molecular weight excluding hydrogens is 247 g/mol. The highest BCUT2D eigenvalue weighted by Gasteiger charge is 2.09. The second-order valence-corrected chi connectivity index (χ2v) is 4.31. The van der Waals surface area contributed by atoms with Gasteiger partial charge in [0.1, 0.15) is 5.82 Å². The zero-order valence-electron chi connectivity index (χ0n) is 8.13. The van der Waals surface area contributed by atoms with Crippen molar-refractivity contribution in [1.82, 2.24) is 0 Å². The van der Waals surface area contributed by atoms with Crippen LogP contribution >= 0.6 is 15.9 Å². The highest BCUT2D eigenvalue weighted by atomic mass is 79.9. The van der Waals surface area contributed by atoms with Crippen LogP contribution in [0.15, 0.2) is 22.7 Å². The van der Waals surface area contributed by atoms with Gasteiger partial charge >= 0.3 is 0 Å². The number of halogens is 2. The fourth-order valence-electron chi connectivity index (χ4n) is 1.35. The van der Waals surface area contributed by atoms with Crippen molar-refractivity contribution in [3.63, 3.8) is 0 Å². The summed E-state index contributed by atoms with van der Waals surface area (Å²) in [6, 6.07) is 4.90. The van der Waals surface area contributed by atoms with Crippen LogP contribution in [0.25, 0.3) is 0 Å². The molecule has 0 bridgehead atoms. The number of hydrogen-bond donors (Lipinski definition) is 1. The van der Waals surface area contributed by atoms with Gasteiger partial charge < -0.3 is 5.11 Å². The molecule has 1 aromatic rings. The summed E-state index contributed by atoms with van der Waals surface area (Å²) in [4.78, 5) is 0. The predicted octanol–water partition coefficient (Wildman–Crippen LogP) is 3.15. The van der Waals surface area contributed by atoms with Gasteiger partial charge in [0.15, 0.2) is 0 Å². The van der Waals surface area contributed by atoms with Crippen molar-refractivity contribution in [2.45, 2.75) is 19.8 Å². The minimum absolute atomic E-state index is 0.114. The van der Waals surface area contributed by atoms with Crippen molar-refractivity contribution < 1.29 is 9.50 Å². The van der Waals surface area contributed by atoms with Crippen molar-refractivity contribution >= 4 is 15.9 Å². The summed E-state index contributed by atoms with van der Waals surface area (Å²) in [6.45, 7) is 2.11. The Kier molecular flexibility index (Phi) is 4.55. The van der Waals surface area contributed by atoms with Crippen molar-refractivity contribution in [1.29, 1.82) is 0 Å². The molecule has 0 heterocycles. The normalized spacial score (nSPS) is 12.9. The minimum atomic E-state index is -0.194. The fourth-order valence-corrected chi connectivity index (χ4v) is 1.76. The van der Waals surface area contributed by atoms with E-state index < -0.39 is 0 Å². The van der Waals surface area contributed by atoms with Crippen LogP contribution in [0.1, 0.15) is 18.9 Å². The van der Waals surface area contributed by atoms with Crippen molar-refractivity contribution in [3.05, 3.63) is 34.1 Å². The Morgan fingerprint density at radius 1 is 1.50 bits per heavy atom. The summed E-state index contributed by atoms with van der Waals surface area (Å²) in [7, 11) is 0. The average molecular weight is 261 g/mol. The molecule has 0 aromatic heterocycles. The van der Waals surface area contributed by atoms with Crippen molar-refractivity contribution in [2.24, 2.45) is 5.92 Å². The highest BCUT2D eigenvalue weighted by molar-refractivity contribution is 9.10. The van der Waals surface area contributed by atoms with Crippen LogP contribution in [0.2, 0.25) is 0 Å². The fraction of sp³-hybridized carbons (Fsp3) is 0.455. The third-order valence-electron chi connectivity index (χ3n) is 2.35. The Morgan fingerprint density at radius 3 is 2.79 bits per heavy atom. The Hall–Kier alpha value is -0.410. The van der Waals surface area contributed by atoms with Crippen LogP contribution in [0.4, 0.5) is 4.39 Å². The molecule has 0 aliphatic carbocycles. The molecule has 0 aliphatic heterocycles. The lowest BCUT2D eigenvalue weighted by Gasteiger charge is -2.12. The zero-order chi connectivity index (χ0) is 10.6. The Bertz CT molecular complexity index is 297. The minimum Gasteiger partial charge on any atom is -0.396 e. The molecule has 0 amide bonds. The molecule has 78 valence electrons. The molecule has 0 radical (unpaired) electrons. The Morgan fingerprint density at radius 2 is 2.21 bits per heavy atom. The Balaban J connectivity index is 2.79. The third-order valence-corrected chi connectivity index (χ3v) is 2.85. The summed E-state index contributed by atoms with van der Waals surface area (Å²) in [5.74, 6) is -0.0427. The van der Waals surface area contributed by atoms with E-state index in [2.05, 4.69) is 15.9 Å². The first-order valence-corrected chi connectivity index (χ1v) is 5.51. The van der Waals surface area contributed by atoms with E-state index in [-0.39, 0.29) is 18.3 Å². The molecule has 1 rings (SSSR count). The van der Waals surface area contributed by atoms with Gasteiger partial charge in [-0.1, -0.05) is 29.3 Å². The van der Waals surface area contributed by atoms with Gasteiger partial charge in [-0.3, -0.25) is 0 Å². The smallest absolute Gasteiger partial charge is 0.126 e. The van der Waals surface area contributed by atoms with E-state index in [1.807, 2.05) is 6.92 Å². The predicted molar refractivity (Wildman–Crippen MR) is 58.7 cm³/mol. The average Bonchev–Trinajstić information content (AvgIpc) is 2.19. The summed E-state index contributed by atoms with van der Waals surface area (Å²) >= 11 is 3.30. The lowest BCUT2D eigenvalue weighted by atomic mass is 9.97. The molecule has 0 saturated carbocycles. The first kappa shape index (κ1) is 11.7. The number of aliphatic hydroxyl groups excluding tert-OH is 1. The number of rotatable bonds is 4. The second-order valence-electron chi connectivity index (χ2n) is 3.40.